The fourth-order valence-corrected chi connectivity index (χ4v) is 4.05. The molecule has 1 rings (SSSR count). The van der Waals surface area contributed by atoms with Crippen LogP contribution in [0.3, 0.4) is 0 Å². The molecule has 1 saturated carbocycles. The maximum atomic E-state index is 4.61. The van der Waals surface area contributed by atoms with E-state index in [4.69, 9.17) is 0 Å². The molecule has 1 unspecified atom stereocenters. The van der Waals surface area contributed by atoms with Crippen molar-refractivity contribution in [2.24, 2.45) is 11.3 Å². The smallest absolute Gasteiger partial charge is 0.0122 e. The van der Waals surface area contributed by atoms with E-state index in [1.807, 2.05) is 0 Å². The van der Waals surface area contributed by atoms with Crippen molar-refractivity contribution in [1.82, 2.24) is 0 Å². The summed E-state index contributed by atoms with van der Waals surface area (Å²) in [4.78, 5) is 0. The summed E-state index contributed by atoms with van der Waals surface area (Å²) in [5.74, 6) is 0.951. The van der Waals surface area contributed by atoms with E-state index in [-0.39, 0.29) is 7.12 Å². The first kappa shape index (κ1) is 11.9. The Morgan fingerprint density at radius 1 is 1.08 bits per heavy atom. The Morgan fingerprint density at radius 3 is 1.85 bits per heavy atom. The lowest BCUT2D eigenvalue weighted by Gasteiger charge is -2.37. The topological polar surface area (TPSA) is 0 Å². The van der Waals surface area contributed by atoms with E-state index in [0.29, 0.717) is 5.41 Å². The van der Waals surface area contributed by atoms with E-state index in [2.05, 4.69) is 39.7 Å². The Bertz CT molecular complexity index is 152. The lowest BCUT2D eigenvalue weighted by Crippen LogP contribution is -2.26. The van der Waals surface area contributed by atoms with Crippen molar-refractivity contribution in [3.05, 3.63) is 0 Å². The molecule has 1 aliphatic carbocycles. The van der Waals surface area contributed by atoms with Gasteiger partial charge in [-0.05, 0) is 49.3 Å². The van der Waals surface area contributed by atoms with Crippen molar-refractivity contribution in [2.75, 3.05) is 6.66 Å². The summed E-state index contributed by atoms with van der Waals surface area (Å²) in [7, 11) is 0.0209. The van der Waals surface area contributed by atoms with Crippen LogP contribution >= 0.6 is 19.4 Å². The normalized spacial score (nSPS) is 33.0. The number of hydrogen-bond acceptors (Lipinski definition) is 1. The SMILES string of the molecule is CP(S)C1CCC(C(C)(C)C)CC1. The van der Waals surface area contributed by atoms with Crippen molar-refractivity contribution in [2.45, 2.75) is 52.1 Å². The molecule has 0 amide bonds. The monoisotopic (exact) mass is 218 g/mol. The highest BCUT2D eigenvalue weighted by Gasteiger charge is 2.30. The molecule has 0 aliphatic heterocycles. The largest absolute Gasteiger partial charge is 0.151 e. The van der Waals surface area contributed by atoms with E-state index in [1.54, 1.807) is 0 Å². The van der Waals surface area contributed by atoms with Gasteiger partial charge in [-0.2, -0.15) is 12.2 Å². The molecule has 0 aromatic rings. The molecule has 0 bridgehead atoms. The maximum Gasteiger partial charge on any atom is -0.0122 e. The predicted octanol–water partition coefficient (Wildman–Crippen LogP) is 4.55. The van der Waals surface area contributed by atoms with Gasteiger partial charge < -0.3 is 0 Å². The van der Waals surface area contributed by atoms with E-state index < -0.39 is 0 Å². The molecule has 0 aromatic heterocycles. The summed E-state index contributed by atoms with van der Waals surface area (Å²) in [6.07, 6.45) is 5.71. The number of rotatable bonds is 1. The van der Waals surface area contributed by atoms with Gasteiger partial charge >= 0.3 is 0 Å². The van der Waals surface area contributed by atoms with Crippen molar-refractivity contribution >= 4 is 19.4 Å². The second-order valence-electron chi connectivity index (χ2n) is 5.45. The molecule has 78 valence electrons. The highest BCUT2D eigenvalue weighted by atomic mass is 32.7. The third kappa shape index (κ3) is 3.44. The molecular formula is C11H23PS. The van der Waals surface area contributed by atoms with Crippen LogP contribution in [0.15, 0.2) is 0 Å². The molecule has 0 radical (unpaired) electrons. The minimum atomic E-state index is 0.0209. The highest BCUT2D eigenvalue weighted by Crippen LogP contribution is 2.51. The van der Waals surface area contributed by atoms with Crippen molar-refractivity contribution < 1.29 is 0 Å². The van der Waals surface area contributed by atoms with Crippen LogP contribution in [0.2, 0.25) is 0 Å². The molecule has 2 heteroatoms. The minimum absolute atomic E-state index is 0.0209. The first-order valence-electron chi connectivity index (χ1n) is 5.33. The Labute approximate surface area is 89.8 Å². The fraction of sp³-hybridized carbons (Fsp3) is 1.00. The van der Waals surface area contributed by atoms with Gasteiger partial charge in [-0.3, -0.25) is 0 Å². The van der Waals surface area contributed by atoms with Gasteiger partial charge in [-0.15, -0.1) is 0 Å². The molecule has 0 saturated heterocycles. The van der Waals surface area contributed by atoms with Gasteiger partial charge in [-0.25, -0.2) is 0 Å². The van der Waals surface area contributed by atoms with Crippen LogP contribution in [0, 0.1) is 11.3 Å². The van der Waals surface area contributed by atoms with Crippen LogP contribution < -0.4 is 0 Å². The van der Waals surface area contributed by atoms with Crippen LogP contribution in [-0.4, -0.2) is 12.3 Å². The number of hydrogen-bond donors (Lipinski definition) is 1. The van der Waals surface area contributed by atoms with Crippen molar-refractivity contribution in [3.63, 3.8) is 0 Å². The van der Waals surface area contributed by atoms with Gasteiger partial charge in [0.2, 0.25) is 0 Å². The Kier molecular flexibility index (Phi) is 4.13. The zero-order valence-electron chi connectivity index (χ0n) is 9.38. The van der Waals surface area contributed by atoms with E-state index >= 15 is 0 Å². The molecule has 0 N–H and O–H groups in total. The second kappa shape index (κ2) is 4.53. The molecule has 0 heterocycles. The summed E-state index contributed by atoms with van der Waals surface area (Å²) >= 11 is 4.61. The van der Waals surface area contributed by atoms with Crippen molar-refractivity contribution in [3.8, 4) is 0 Å². The first-order valence-corrected chi connectivity index (χ1v) is 8.34. The molecule has 1 atom stereocenters. The highest BCUT2D eigenvalue weighted by molar-refractivity contribution is 8.45. The van der Waals surface area contributed by atoms with Gasteiger partial charge in [-0.1, -0.05) is 27.9 Å². The van der Waals surface area contributed by atoms with Gasteiger partial charge in [0, 0.05) is 0 Å². The average Bonchev–Trinajstić information content (AvgIpc) is 2.03. The summed E-state index contributed by atoms with van der Waals surface area (Å²) in [6, 6.07) is 0. The lowest BCUT2D eigenvalue weighted by atomic mass is 9.72. The molecule has 0 aromatic carbocycles. The van der Waals surface area contributed by atoms with E-state index in [0.717, 1.165) is 11.6 Å². The van der Waals surface area contributed by atoms with Gasteiger partial charge in [0.15, 0.2) is 0 Å². The standard InChI is InChI=1S/C11H23PS/c1-11(2,3)9-5-7-10(8-6-9)12(4)13/h9-10,13H,5-8H2,1-4H3. The van der Waals surface area contributed by atoms with E-state index in [9.17, 15) is 0 Å². The summed E-state index contributed by atoms with van der Waals surface area (Å²) in [6.45, 7) is 9.45. The molecule has 0 spiro atoms. The van der Waals surface area contributed by atoms with Crippen LogP contribution in [0.25, 0.3) is 0 Å². The molecule has 1 aliphatic rings. The Morgan fingerprint density at radius 2 is 1.54 bits per heavy atom. The maximum absolute atomic E-state index is 4.61. The Hall–Kier alpha value is 0.780. The Balaban J connectivity index is 2.39. The zero-order chi connectivity index (χ0) is 10.1. The van der Waals surface area contributed by atoms with Crippen molar-refractivity contribution in [1.29, 1.82) is 0 Å². The third-order valence-corrected chi connectivity index (χ3v) is 6.00. The van der Waals surface area contributed by atoms with Gasteiger partial charge in [0.1, 0.15) is 0 Å². The van der Waals surface area contributed by atoms with E-state index in [1.165, 1.54) is 25.7 Å². The van der Waals surface area contributed by atoms with Crippen LogP contribution in [-0.2, 0) is 0 Å². The predicted molar refractivity (Wildman–Crippen MR) is 67.0 cm³/mol. The fourth-order valence-electron chi connectivity index (χ4n) is 2.32. The summed E-state index contributed by atoms with van der Waals surface area (Å²) < 4.78 is 0. The number of thiol groups is 1. The molecular weight excluding hydrogens is 195 g/mol. The quantitative estimate of drug-likeness (QED) is 0.484. The molecule has 13 heavy (non-hydrogen) atoms. The first-order chi connectivity index (χ1) is 5.91. The third-order valence-electron chi connectivity index (χ3n) is 3.45. The summed E-state index contributed by atoms with van der Waals surface area (Å²) in [5, 5.41) is 0. The van der Waals surface area contributed by atoms with Crippen LogP contribution in [0.5, 0.6) is 0 Å². The minimum Gasteiger partial charge on any atom is -0.151 e. The average molecular weight is 218 g/mol. The molecule has 0 nitrogen and oxygen atoms in total. The van der Waals surface area contributed by atoms with Crippen LogP contribution in [0.4, 0.5) is 0 Å². The van der Waals surface area contributed by atoms with Crippen LogP contribution in [0.1, 0.15) is 46.5 Å². The molecule has 1 fully saturated rings. The second-order valence-corrected chi connectivity index (χ2v) is 9.22. The lowest BCUT2D eigenvalue weighted by molar-refractivity contribution is 0.182. The zero-order valence-corrected chi connectivity index (χ0v) is 11.2. The van der Waals surface area contributed by atoms with Gasteiger partial charge in [0.05, 0.1) is 0 Å². The summed E-state index contributed by atoms with van der Waals surface area (Å²) in [5.41, 5.74) is 1.47. The van der Waals surface area contributed by atoms with Gasteiger partial charge in [0.25, 0.3) is 0 Å².